The van der Waals surface area contributed by atoms with E-state index in [0.717, 1.165) is 40.7 Å². The van der Waals surface area contributed by atoms with Crippen LogP contribution in [0.5, 0.6) is 11.5 Å². The van der Waals surface area contributed by atoms with E-state index < -0.39 is 5.97 Å². The number of aryl methyl sites for hydroxylation is 2. The van der Waals surface area contributed by atoms with Gasteiger partial charge in [-0.2, -0.15) is 0 Å². The van der Waals surface area contributed by atoms with Crippen molar-refractivity contribution >= 4 is 34.3 Å². The van der Waals surface area contributed by atoms with Gasteiger partial charge in [0, 0.05) is 17.0 Å². The summed E-state index contributed by atoms with van der Waals surface area (Å²) < 4.78 is 16.7. The molecule has 202 valence electrons. The quantitative estimate of drug-likeness (QED) is 0.137. The minimum atomic E-state index is -0.460. The van der Waals surface area contributed by atoms with Crippen molar-refractivity contribution in [3.63, 3.8) is 0 Å². The fourth-order valence-electron chi connectivity index (χ4n) is 4.11. The van der Waals surface area contributed by atoms with Gasteiger partial charge < -0.3 is 19.5 Å². The summed E-state index contributed by atoms with van der Waals surface area (Å²) >= 11 is 1.31. The highest BCUT2D eigenvalue weighted by Gasteiger charge is 2.23. The Hall–Kier alpha value is -3.58. The van der Waals surface area contributed by atoms with Gasteiger partial charge in [0.2, 0.25) is 5.91 Å². The van der Waals surface area contributed by atoms with Crippen LogP contribution >= 0.6 is 11.3 Å². The molecule has 6 nitrogen and oxygen atoms in total. The number of hydrogen-bond donors (Lipinski definition) is 1. The van der Waals surface area contributed by atoms with Crippen LogP contribution in [0.25, 0.3) is 17.2 Å². The fourth-order valence-corrected chi connectivity index (χ4v) is 5.06. The van der Waals surface area contributed by atoms with Crippen LogP contribution < -0.4 is 14.8 Å². The number of unbranched alkanes of at least 4 members (excludes halogenated alkanes) is 3. The first-order chi connectivity index (χ1) is 18.4. The molecule has 0 aliphatic carbocycles. The third kappa shape index (κ3) is 7.71. The number of carbonyl (C=O) groups is 2. The average molecular weight is 536 g/mol. The topological polar surface area (TPSA) is 73.9 Å². The first-order valence-electron chi connectivity index (χ1n) is 13.0. The van der Waals surface area contributed by atoms with Crippen molar-refractivity contribution in [2.24, 2.45) is 0 Å². The Bertz CT molecular complexity index is 1280. The number of thiophene rings is 1. The van der Waals surface area contributed by atoms with E-state index in [2.05, 4.69) is 18.3 Å². The van der Waals surface area contributed by atoms with Crippen LogP contribution in [0.1, 0.15) is 66.6 Å². The lowest BCUT2D eigenvalue weighted by molar-refractivity contribution is -0.111. The van der Waals surface area contributed by atoms with Crippen molar-refractivity contribution in [1.82, 2.24) is 0 Å². The molecule has 1 amide bonds. The van der Waals surface area contributed by atoms with Crippen molar-refractivity contribution in [3.8, 4) is 22.6 Å². The molecular weight excluding hydrogens is 498 g/mol. The Morgan fingerprint density at radius 3 is 2.50 bits per heavy atom. The van der Waals surface area contributed by atoms with Gasteiger partial charge >= 0.3 is 5.97 Å². The highest BCUT2D eigenvalue weighted by molar-refractivity contribution is 7.15. The Morgan fingerprint density at radius 2 is 1.79 bits per heavy atom. The summed E-state index contributed by atoms with van der Waals surface area (Å²) in [6.45, 7) is 8.86. The number of hydrogen-bond acceptors (Lipinski definition) is 6. The molecule has 0 fully saturated rings. The minimum Gasteiger partial charge on any atom is -0.493 e. The first kappa shape index (κ1) is 29.0. The Morgan fingerprint density at radius 1 is 0.974 bits per heavy atom. The van der Waals surface area contributed by atoms with E-state index in [9.17, 15) is 9.59 Å². The largest absolute Gasteiger partial charge is 0.493 e. The number of amides is 1. The number of anilines is 1. The third-order valence-electron chi connectivity index (χ3n) is 6.05. The van der Waals surface area contributed by atoms with E-state index in [1.165, 1.54) is 30.3 Å². The van der Waals surface area contributed by atoms with Gasteiger partial charge in [-0.25, -0.2) is 4.79 Å². The van der Waals surface area contributed by atoms with Gasteiger partial charge in [0.15, 0.2) is 11.5 Å². The molecule has 7 heteroatoms. The predicted octanol–water partition coefficient (Wildman–Crippen LogP) is 7.83. The molecule has 38 heavy (non-hydrogen) atoms. The maximum absolute atomic E-state index is 12.9. The van der Waals surface area contributed by atoms with E-state index >= 15 is 0 Å². The van der Waals surface area contributed by atoms with Crippen LogP contribution in [0.3, 0.4) is 0 Å². The summed E-state index contributed by atoms with van der Waals surface area (Å²) in [6.07, 6.45) is 7.66. The van der Waals surface area contributed by atoms with Crippen molar-refractivity contribution in [2.75, 3.05) is 25.6 Å². The van der Waals surface area contributed by atoms with Crippen molar-refractivity contribution in [3.05, 3.63) is 70.1 Å². The Kier molecular flexibility index (Phi) is 11.0. The van der Waals surface area contributed by atoms with Gasteiger partial charge in [-0.05, 0) is 62.1 Å². The third-order valence-corrected chi connectivity index (χ3v) is 6.95. The highest BCUT2D eigenvalue weighted by Crippen LogP contribution is 2.38. The van der Waals surface area contributed by atoms with Gasteiger partial charge in [-0.15, -0.1) is 11.3 Å². The van der Waals surface area contributed by atoms with E-state index in [1.54, 1.807) is 20.1 Å². The summed E-state index contributed by atoms with van der Waals surface area (Å²) in [5.41, 5.74) is 5.04. The van der Waals surface area contributed by atoms with Crippen LogP contribution in [-0.2, 0) is 9.53 Å². The molecule has 0 bridgehead atoms. The number of nitrogens with one attached hydrogen (secondary N) is 1. The fraction of sp³-hybridized carbons (Fsp3) is 0.355. The number of methoxy groups -OCH3 is 1. The first-order valence-corrected chi connectivity index (χ1v) is 13.9. The maximum atomic E-state index is 12.9. The lowest BCUT2D eigenvalue weighted by Crippen LogP contribution is -2.12. The number of rotatable bonds is 13. The SMILES string of the molecule is CCCCCCOc1ccc(/C=C/C(=O)Nc2scc(-c3ccc(C)cc3C)c2C(=O)OCC)cc1OC. The van der Waals surface area contributed by atoms with Gasteiger partial charge in [-0.1, -0.05) is 56.0 Å². The summed E-state index contributed by atoms with van der Waals surface area (Å²) in [5.74, 6) is 0.490. The highest BCUT2D eigenvalue weighted by atomic mass is 32.1. The van der Waals surface area contributed by atoms with Gasteiger partial charge in [-0.3, -0.25) is 4.79 Å². The van der Waals surface area contributed by atoms with Crippen molar-refractivity contribution in [2.45, 2.75) is 53.4 Å². The van der Waals surface area contributed by atoms with Crippen LogP contribution in [0.15, 0.2) is 47.9 Å². The summed E-state index contributed by atoms with van der Waals surface area (Å²) in [5, 5.41) is 5.20. The molecule has 0 atom stereocenters. The van der Waals surface area contributed by atoms with Crippen LogP contribution in [0, 0.1) is 13.8 Å². The predicted molar refractivity (Wildman–Crippen MR) is 155 cm³/mol. The van der Waals surface area contributed by atoms with Crippen LogP contribution in [0.4, 0.5) is 5.00 Å². The maximum Gasteiger partial charge on any atom is 0.341 e. The molecule has 1 N–H and O–H groups in total. The molecule has 3 rings (SSSR count). The molecule has 0 spiro atoms. The second-order valence-corrected chi connectivity index (χ2v) is 9.91. The zero-order valence-corrected chi connectivity index (χ0v) is 23.7. The molecule has 0 saturated carbocycles. The van der Waals surface area contributed by atoms with Gasteiger partial charge in [0.25, 0.3) is 0 Å². The lowest BCUT2D eigenvalue weighted by atomic mass is 9.97. The normalized spacial score (nSPS) is 11.0. The smallest absolute Gasteiger partial charge is 0.341 e. The van der Waals surface area contributed by atoms with E-state index in [1.807, 2.05) is 49.6 Å². The molecule has 1 heterocycles. The Labute approximate surface area is 229 Å². The number of ether oxygens (including phenoxy) is 3. The molecular formula is C31H37NO5S. The molecule has 0 unspecified atom stereocenters. The zero-order valence-electron chi connectivity index (χ0n) is 22.9. The standard InChI is InChI=1S/C31H37NO5S/c1-6-8-9-10-17-37-26-15-12-23(19-27(26)35-5)13-16-28(33)32-30-29(31(34)36-7-2)25(20-38-30)24-14-11-21(3)18-22(24)4/h11-16,18-20H,6-10,17H2,1-5H3,(H,32,33)/b16-13+. The summed E-state index contributed by atoms with van der Waals surface area (Å²) in [4.78, 5) is 25.7. The van der Waals surface area contributed by atoms with Crippen LogP contribution in [-0.4, -0.2) is 32.2 Å². The molecule has 2 aromatic carbocycles. The molecule has 0 saturated heterocycles. The molecule has 3 aromatic rings. The molecule has 0 aliphatic heterocycles. The van der Waals surface area contributed by atoms with Crippen molar-refractivity contribution < 1.29 is 23.8 Å². The second-order valence-electron chi connectivity index (χ2n) is 9.03. The zero-order chi connectivity index (χ0) is 27.5. The Balaban J connectivity index is 1.75. The number of esters is 1. The lowest BCUT2D eigenvalue weighted by Gasteiger charge is -2.11. The van der Waals surface area contributed by atoms with Crippen molar-refractivity contribution in [1.29, 1.82) is 0 Å². The van der Waals surface area contributed by atoms with Gasteiger partial charge in [0.05, 0.1) is 20.3 Å². The minimum absolute atomic E-state index is 0.245. The second kappa shape index (κ2) is 14.4. The number of carbonyl (C=O) groups excluding carboxylic acids is 2. The molecule has 0 aliphatic rings. The summed E-state index contributed by atoms with van der Waals surface area (Å²) in [7, 11) is 1.60. The van der Waals surface area contributed by atoms with E-state index in [4.69, 9.17) is 14.2 Å². The average Bonchev–Trinajstić information content (AvgIpc) is 3.30. The molecule has 0 radical (unpaired) electrons. The summed E-state index contributed by atoms with van der Waals surface area (Å²) in [6, 6.07) is 11.6. The monoisotopic (exact) mass is 535 g/mol. The van der Waals surface area contributed by atoms with Gasteiger partial charge in [0.1, 0.15) is 10.6 Å². The molecule has 1 aromatic heterocycles. The van der Waals surface area contributed by atoms with Crippen LogP contribution in [0.2, 0.25) is 0 Å². The van der Waals surface area contributed by atoms with E-state index in [-0.39, 0.29) is 12.5 Å². The van der Waals surface area contributed by atoms with E-state index in [0.29, 0.717) is 28.7 Å². The number of benzene rings is 2.